The zero-order valence-electron chi connectivity index (χ0n) is 33.7. The average molecular weight is 788 g/mol. The first-order valence-corrected chi connectivity index (χ1v) is 21.3. The lowest BCUT2D eigenvalue weighted by Crippen LogP contribution is -2.00. The first kappa shape index (κ1) is 34.6. The van der Waals surface area contributed by atoms with Crippen molar-refractivity contribution in [3.8, 4) is 72.8 Å². The van der Waals surface area contributed by atoms with Gasteiger partial charge in [-0.25, -0.2) is 0 Å². The molecule has 11 aromatic carbocycles. The normalized spacial score (nSPS) is 12.0. The number of hydrogen-bond acceptors (Lipinski definition) is 1. The van der Waals surface area contributed by atoms with E-state index in [1.807, 2.05) is 0 Å². The zero-order valence-corrected chi connectivity index (χ0v) is 33.7. The fourth-order valence-electron chi connectivity index (χ4n) is 10.4. The van der Waals surface area contributed by atoms with E-state index in [0.717, 1.165) is 33.7 Å². The molecule has 2 heteroatoms. The zero-order chi connectivity index (χ0) is 40.7. The molecule has 0 amide bonds. The lowest BCUT2D eigenvalue weighted by atomic mass is 9.79. The standard InChI is InChI=1S/C60H37NO/c1-4-18-38(19-5-1)49-37-51-43-26-14-15-32-52(43)61(42-24-8-3-9-25-42)60(51)57(40-20-6-2-7-21-40)59(49)58-46-29-12-10-27-44(46)55(45-28-11-13-30-47(45)58)41-34-35-53-50(36-41)48-31-16-22-39-23-17-33-54(62-53)56(39)48/h1-37H. The highest BCUT2D eigenvalue weighted by Crippen LogP contribution is 2.54. The molecule has 0 radical (unpaired) electrons. The van der Waals surface area contributed by atoms with Crippen molar-refractivity contribution in [3.05, 3.63) is 224 Å². The summed E-state index contributed by atoms with van der Waals surface area (Å²) >= 11 is 0. The predicted molar refractivity (Wildman–Crippen MR) is 261 cm³/mol. The molecule has 1 aromatic heterocycles. The lowest BCUT2D eigenvalue weighted by molar-refractivity contribution is 0.487. The second-order valence-electron chi connectivity index (χ2n) is 16.3. The summed E-state index contributed by atoms with van der Waals surface area (Å²) in [6.45, 7) is 0. The molecular formula is C60H37NO. The summed E-state index contributed by atoms with van der Waals surface area (Å²) in [6.07, 6.45) is 0. The molecule has 2 nitrogen and oxygen atoms in total. The maximum atomic E-state index is 6.60. The van der Waals surface area contributed by atoms with E-state index in [1.54, 1.807) is 0 Å². The van der Waals surface area contributed by atoms with Crippen molar-refractivity contribution in [2.24, 2.45) is 0 Å². The van der Waals surface area contributed by atoms with E-state index in [0.29, 0.717) is 0 Å². The van der Waals surface area contributed by atoms with Gasteiger partial charge in [-0.05, 0) is 108 Å². The van der Waals surface area contributed by atoms with E-state index in [1.165, 1.54) is 93.2 Å². The van der Waals surface area contributed by atoms with Crippen LogP contribution in [0.15, 0.2) is 224 Å². The number of benzene rings is 11. The number of aromatic nitrogens is 1. The molecule has 12 aromatic rings. The van der Waals surface area contributed by atoms with Crippen LogP contribution in [0.4, 0.5) is 0 Å². The third kappa shape index (κ3) is 5.11. The predicted octanol–water partition coefficient (Wildman–Crippen LogP) is 16.7. The maximum Gasteiger partial charge on any atom is 0.135 e. The van der Waals surface area contributed by atoms with Gasteiger partial charge in [0.1, 0.15) is 11.5 Å². The van der Waals surface area contributed by atoms with Gasteiger partial charge in [0.15, 0.2) is 0 Å². The summed E-state index contributed by atoms with van der Waals surface area (Å²) in [7, 11) is 0. The summed E-state index contributed by atoms with van der Waals surface area (Å²) in [5, 5.41) is 9.63. The van der Waals surface area contributed by atoms with E-state index in [9.17, 15) is 0 Å². The molecule has 2 heterocycles. The van der Waals surface area contributed by atoms with Crippen molar-refractivity contribution >= 4 is 54.1 Å². The Kier molecular flexibility index (Phi) is 7.64. The monoisotopic (exact) mass is 787 g/mol. The minimum absolute atomic E-state index is 0.882. The molecule has 13 rings (SSSR count). The van der Waals surface area contributed by atoms with Crippen LogP contribution in [0.3, 0.4) is 0 Å². The quantitative estimate of drug-likeness (QED) is 0.159. The van der Waals surface area contributed by atoms with E-state index < -0.39 is 0 Å². The molecule has 0 fully saturated rings. The Labute approximate surface area is 359 Å². The van der Waals surface area contributed by atoms with E-state index in [2.05, 4.69) is 229 Å². The van der Waals surface area contributed by atoms with E-state index in [-0.39, 0.29) is 0 Å². The highest BCUT2D eigenvalue weighted by atomic mass is 16.5. The van der Waals surface area contributed by atoms with Gasteiger partial charge in [-0.2, -0.15) is 0 Å². The molecule has 0 N–H and O–H groups in total. The van der Waals surface area contributed by atoms with Crippen LogP contribution >= 0.6 is 0 Å². The van der Waals surface area contributed by atoms with E-state index >= 15 is 0 Å². The minimum atomic E-state index is 0.882. The molecule has 1 aliphatic rings. The topological polar surface area (TPSA) is 14.2 Å². The largest absolute Gasteiger partial charge is 0.456 e. The molecule has 0 aliphatic carbocycles. The van der Waals surface area contributed by atoms with Crippen LogP contribution in [0.25, 0.3) is 115 Å². The van der Waals surface area contributed by atoms with Crippen LogP contribution in [-0.4, -0.2) is 4.57 Å². The molecule has 0 unspecified atom stereocenters. The molecule has 62 heavy (non-hydrogen) atoms. The summed E-state index contributed by atoms with van der Waals surface area (Å²) in [5.74, 6) is 1.79. The fourth-order valence-corrected chi connectivity index (χ4v) is 10.4. The van der Waals surface area contributed by atoms with Gasteiger partial charge in [-0.1, -0.05) is 182 Å². The van der Waals surface area contributed by atoms with Gasteiger partial charge in [0.25, 0.3) is 0 Å². The minimum Gasteiger partial charge on any atom is -0.456 e. The first-order chi connectivity index (χ1) is 30.8. The van der Waals surface area contributed by atoms with Crippen LogP contribution < -0.4 is 4.74 Å². The van der Waals surface area contributed by atoms with Gasteiger partial charge in [-0.3, -0.25) is 0 Å². The van der Waals surface area contributed by atoms with Crippen molar-refractivity contribution in [3.63, 3.8) is 0 Å². The number of fused-ring (bicyclic) bond motifs is 7. The Morgan fingerprint density at radius 3 is 1.58 bits per heavy atom. The number of rotatable bonds is 5. The van der Waals surface area contributed by atoms with Crippen molar-refractivity contribution in [1.29, 1.82) is 0 Å². The van der Waals surface area contributed by atoms with Gasteiger partial charge >= 0.3 is 0 Å². The van der Waals surface area contributed by atoms with Crippen molar-refractivity contribution in [2.75, 3.05) is 0 Å². The van der Waals surface area contributed by atoms with Crippen molar-refractivity contribution in [2.45, 2.75) is 0 Å². The fraction of sp³-hybridized carbons (Fsp3) is 0. The van der Waals surface area contributed by atoms with Gasteiger partial charge in [0.2, 0.25) is 0 Å². The first-order valence-electron chi connectivity index (χ1n) is 21.3. The summed E-state index contributed by atoms with van der Waals surface area (Å²) in [6, 6.07) is 81.9. The Morgan fingerprint density at radius 1 is 0.306 bits per heavy atom. The average Bonchev–Trinajstić information content (AvgIpc) is 3.67. The van der Waals surface area contributed by atoms with Gasteiger partial charge < -0.3 is 9.30 Å². The van der Waals surface area contributed by atoms with Crippen molar-refractivity contribution in [1.82, 2.24) is 4.57 Å². The van der Waals surface area contributed by atoms with Gasteiger partial charge in [0, 0.05) is 38.5 Å². The second-order valence-corrected chi connectivity index (χ2v) is 16.3. The summed E-state index contributed by atoms with van der Waals surface area (Å²) in [5.41, 5.74) is 15.4. The third-order valence-corrected chi connectivity index (χ3v) is 12.9. The molecule has 0 saturated carbocycles. The summed E-state index contributed by atoms with van der Waals surface area (Å²) in [4.78, 5) is 0. The van der Waals surface area contributed by atoms with Crippen LogP contribution in [0.5, 0.6) is 11.5 Å². The molecule has 288 valence electrons. The summed E-state index contributed by atoms with van der Waals surface area (Å²) < 4.78 is 9.08. The van der Waals surface area contributed by atoms with E-state index in [4.69, 9.17) is 4.74 Å². The number of hydrogen-bond donors (Lipinski definition) is 0. The second kappa shape index (κ2) is 13.7. The Morgan fingerprint density at radius 2 is 0.887 bits per heavy atom. The number of nitrogens with zero attached hydrogens (tertiary/aromatic N) is 1. The molecule has 0 saturated heterocycles. The van der Waals surface area contributed by atoms with Crippen LogP contribution in [-0.2, 0) is 0 Å². The molecular weight excluding hydrogens is 751 g/mol. The Balaban J connectivity index is 1.20. The number of para-hydroxylation sites is 2. The smallest absolute Gasteiger partial charge is 0.135 e. The Bertz CT molecular complexity index is 3690. The third-order valence-electron chi connectivity index (χ3n) is 12.9. The van der Waals surface area contributed by atoms with Crippen LogP contribution in [0.1, 0.15) is 0 Å². The van der Waals surface area contributed by atoms with Crippen LogP contribution in [0, 0.1) is 0 Å². The number of ether oxygens (including phenoxy) is 1. The molecule has 0 bridgehead atoms. The van der Waals surface area contributed by atoms with Gasteiger partial charge in [0.05, 0.1) is 11.0 Å². The lowest BCUT2D eigenvalue weighted by Gasteiger charge is -2.25. The highest BCUT2D eigenvalue weighted by Gasteiger charge is 2.28. The SMILES string of the molecule is c1ccc(-c2cc3c4ccccc4n(-c4ccccc4)c3c(-c3ccccc3)c2-c2c3ccccc3c(-c3ccc4c(c3)-c3cccc5cccc(c35)O4)c3ccccc23)cc1. The Hall–Kier alpha value is -8.20. The molecule has 1 aliphatic heterocycles. The van der Waals surface area contributed by atoms with Crippen LogP contribution in [0.2, 0.25) is 0 Å². The molecule has 0 spiro atoms. The van der Waals surface area contributed by atoms with Gasteiger partial charge in [-0.15, -0.1) is 0 Å². The molecule has 0 atom stereocenters. The maximum absolute atomic E-state index is 6.60. The highest BCUT2D eigenvalue weighted by molar-refractivity contribution is 6.27. The van der Waals surface area contributed by atoms with Crippen molar-refractivity contribution < 1.29 is 4.74 Å².